The molecule has 150 valence electrons. The zero-order valence-corrected chi connectivity index (χ0v) is 17.7. The molecule has 1 fully saturated rings. The highest BCUT2D eigenvalue weighted by Crippen LogP contribution is 2.47. The van der Waals surface area contributed by atoms with Crippen molar-refractivity contribution in [3.8, 4) is 0 Å². The number of carbonyl (C=O) groups excluding carboxylic acids is 2. The van der Waals surface area contributed by atoms with E-state index in [1.54, 1.807) is 30.4 Å². The van der Waals surface area contributed by atoms with Crippen molar-refractivity contribution in [2.45, 2.75) is 26.7 Å². The average Bonchev–Trinajstić information content (AvgIpc) is 3.41. The summed E-state index contributed by atoms with van der Waals surface area (Å²) in [6.07, 6.45) is 15.6. The van der Waals surface area contributed by atoms with Crippen LogP contribution < -0.4 is 16.2 Å². The van der Waals surface area contributed by atoms with Crippen LogP contribution in [-0.2, 0) is 9.59 Å². The molecule has 1 aliphatic rings. The fourth-order valence-corrected chi connectivity index (χ4v) is 3.43. The maximum Gasteiger partial charge on any atom is 0.241 e. The number of anilines is 1. The van der Waals surface area contributed by atoms with E-state index < -0.39 is 5.41 Å². The summed E-state index contributed by atoms with van der Waals surface area (Å²) in [6, 6.07) is 0. The lowest BCUT2D eigenvalue weighted by molar-refractivity contribution is -0.133. The van der Waals surface area contributed by atoms with Crippen LogP contribution in [0.25, 0.3) is 0 Å². The van der Waals surface area contributed by atoms with Gasteiger partial charge < -0.3 is 10.6 Å². The second-order valence-corrected chi connectivity index (χ2v) is 7.49. The molecule has 1 heterocycles. The lowest BCUT2D eigenvalue weighted by atomic mass is 9.66. The van der Waals surface area contributed by atoms with Gasteiger partial charge in [0, 0.05) is 16.7 Å². The highest BCUT2D eigenvalue weighted by Gasteiger charge is 2.56. The Kier molecular flexibility index (Phi) is 8.15. The summed E-state index contributed by atoms with van der Waals surface area (Å²) in [4.78, 5) is 29.9. The molecule has 0 atom stereocenters. The number of hydrogen-bond donors (Lipinski definition) is 2. The number of allylic oxidation sites excluding steroid dienone is 9. The summed E-state index contributed by atoms with van der Waals surface area (Å²) in [6.45, 7) is 11.1. The Bertz CT molecular complexity index is 905. The molecule has 2 N–H and O–H groups in total. The van der Waals surface area contributed by atoms with E-state index in [2.05, 4.69) is 28.8 Å². The van der Waals surface area contributed by atoms with Crippen molar-refractivity contribution in [1.29, 1.82) is 0 Å². The molecular formula is C22H26BN3O2S. The number of hydrogen-bond acceptors (Lipinski definition) is 4. The van der Waals surface area contributed by atoms with Crippen molar-refractivity contribution in [2.24, 2.45) is 5.41 Å². The van der Waals surface area contributed by atoms with Gasteiger partial charge in [-0.25, -0.2) is 4.98 Å². The smallest absolute Gasteiger partial charge is 0.241 e. The largest absolute Gasteiger partial charge is 0.325 e. The summed E-state index contributed by atoms with van der Waals surface area (Å²) >= 11 is 1.36. The number of carbonyl (C=O) groups is 2. The molecule has 0 saturated heterocycles. The van der Waals surface area contributed by atoms with Crippen LogP contribution in [0, 0.1) is 5.41 Å². The molecule has 1 aliphatic carbocycles. The van der Waals surface area contributed by atoms with E-state index >= 15 is 0 Å². The van der Waals surface area contributed by atoms with Crippen LogP contribution in [0.4, 0.5) is 5.13 Å². The molecule has 0 aromatic carbocycles. The molecule has 2 amide bonds. The van der Waals surface area contributed by atoms with Crippen molar-refractivity contribution in [2.75, 3.05) is 5.32 Å². The summed E-state index contributed by atoms with van der Waals surface area (Å²) in [7, 11) is 0.647. The summed E-state index contributed by atoms with van der Waals surface area (Å²) in [5.74, 6) is -0.604. The van der Waals surface area contributed by atoms with Crippen molar-refractivity contribution in [3.63, 3.8) is 0 Å². The highest BCUT2D eigenvalue weighted by molar-refractivity contribution is 7.14. The minimum absolute atomic E-state index is 0.294. The van der Waals surface area contributed by atoms with Crippen LogP contribution in [0.2, 0.25) is 0 Å². The first kappa shape index (κ1) is 22.4. The zero-order valence-electron chi connectivity index (χ0n) is 16.9. The molecule has 0 spiro atoms. The minimum atomic E-state index is -1.03. The second-order valence-electron chi connectivity index (χ2n) is 6.63. The normalized spacial score (nSPS) is 15.9. The van der Waals surface area contributed by atoms with E-state index in [1.807, 2.05) is 37.5 Å². The summed E-state index contributed by atoms with van der Waals surface area (Å²) in [5.41, 5.74) is 1.55. The second kappa shape index (κ2) is 10.6. The number of amides is 2. The van der Waals surface area contributed by atoms with Crippen LogP contribution in [0.3, 0.4) is 0 Å². The van der Waals surface area contributed by atoms with Gasteiger partial charge in [0.1, 0.15) is 5.41 Å². The van der Waals surface area contributed by atoms with Crippen molar-refractivity contribution < 1.29 is 9.59 Å². The first-order valence-corrected chi connectivity index (χ1v) is 10.3. The Labute approximate surface area is 176 Å². The molecule has 29 heavy (non-hydrogen) atoms. The molecule has 1 aromatic heterocycles. The molecule has 1 saturated carbocycles. The van der Waals surface area contributed by atoms with E-state index in [-0.39, 0.29) is 11.8 Å². The van der Waals surface area contributed by atoms with E-state index in [0.29, 0.717) is 30.9 Å². The van der Waals surface area contributed by atoms with E-state index in [9.17, 15) is 9.59 Å². The fourth-order valence-electron chi connectivity index (χ4n) is 2.73. The van der Waals surface area contributed by atoms with E-state index in [0.717, 1.165) is 11.1 Å². The molecule has 7 heteroatoms. The Morgan fingerprint density at radius 3 is 2.55 bits per heavy atom. The average molecular weight is 407 g/mol. The third-order valence-corrected chi connectivity index (χ3v) is 5.28. The molecular weight excluding hydrogens is 381 g/mol. The van der Waals surface area contributed by atoms with Crippen LogP contribution >= 0.6 is 11.3 Å². The minimum Gasteiger partial charge on any atom is -0.325 e. The first-order chi connectivity index (χ1) is 14.0. The molecule has 2 rings (SSSR count). The van der Waals surface area contributed by atoms with Crippen LogP contribution in [0.5, 0.6) is 0 Å². The number of rotatable bonds is 10. The molecule has 0 aliphatic heterocycles. The maximum atomic E-state index is 12.8. The third-order valence-electron chi connectivity index (χ3n) is 4.47. The molecule has 0 unspecified atom stereocenters. The topological polar surface area (TPSA) is 71.1 Å². The van der Waals surface area contributed by atoms with Gasteiger partial charge in [0.15, 0.2) is 5.13 Å². The SMILES string of the molecule is C=C/C=C\C(=C/C)NC(=O)C1(C(=O)Nc2nc(BC(/C=C\C)=C/C=C)cs2)CC1. The lowest BCUT2D eigenvalue weighted by Gasteiger charge is -2.14. The van der Waals surface area contributed by atoms with Gasteiger partial charge >= 0.3 is 0 Å². The number of aromatic nitrogens is 1. The van der Waals surface area contributed by atoms with Gasteiger partial charge in [0.25, 0.3) is 0 Å². The van der Waals surface area contributed by atoms with Gasteiger partial charge in [0.05, 0.1) is 0 Å². The van der Waals surface area contributed by atoms with Gasteiger partial charge in [-0.3, -0.25) is 9.59 Å². The Balaban J connectivity index is 2.03. The summed E-state index contributed by atoms with van der Waals surface area (Å²) in [5, 5.41) is 8.04. The standard InChI is InChI=1S/C22H26BN3O2S/c1-5-9-12-17(8-4)24-19(27)22(13-14-22)20(28)26-21-25-18(15-29-21)23-16(10-6-2)11-7-3/h5-12,15,23H,1-2,13-14H2,3-4H3,(H,24,27)(H,25,26,28)/b11-7-,12-9-,16-10+,17-8+. The van der Waals surface area contributed by atoms with Gasteiger partial charge in [-0.1, -0.05) is 61.2 Å². The first-order valence-electron chi connectivity index (χ1n) is 9.46. The van der Waals surface area contributed by atoms with Crippen LogP contribution in [0.15, 0.2) is 78.3 Å². The van der Waals surface area contributed by atoms with Crippen molar-refractivity contribution in [1.82, 2.24) is 10.3 Å². The van der Waals surface area contributed by atoms with Gasteiger partial charge in [-0.15, -0.1) is 11.3 Å². The molecule has 1 aromatic rings. The predicted molar refractivity (Wildman–Crippen MR) is 124 cm³/mol. The van der Waals surface area contributed by atoms with Crippen LogP contribution in [0.1, 0.15) is 26.7 Å². The number of nitrogens with one attached hydrogen (secondary N) is 2. The van der Waals surface area contributed by atoms with Gasteiger partial charge in [-0.05, 0) is 32.8 Å². The van der Waals surface area contributed by atoms with Gasteiger partial charge in [-0.2, -0.15) is 0 Å². The lowest BCUT2D eigenvalue weighted by Crippen LogP contribution is -2.39. The molecule has 0 radical (unpaired) electrons. The monoisotopic (exact) mass is 407 g/mol. The maximum absolute atomic E-state index is 12.8. The Morgan fingerprint density at radius 1 is 1.21 bits per heavy atom. The quantitative estimate of drug-likeness (QED) is 0.355. The van der Waals surface area contributed by atoms with Gasteiger partial charge in [0.2, 0.25) is 19.1 Å². The van der Waals surface area contributed by atoms with Crippen molar-refractivity contribution in [3.05, 3.63) is 78.3 Å². The highest BCUT2D eigenvalue weighted by atomic mass is 32.1. The Morgan fingerprint density at radius 2 is 1.97 bits per heavy atom. The van der Waals surface area contributed by atoms with Crippen molar-refractivity contribution >= 4 is 41.2 Å². The summed E-state index contributed by atoms with van der Waals surface area (Å²) < 4.78 is 0. The molecule has 0 bridgehead atoms. The van der Waals surface area contributed by atoms with E-state index in [4.69, 9.17) is 0 Å². The van der Waals surface area contributed by atoms with Crippen LogP contribution in [-0.4, -0.2) is 24.1 Å². The number of nitrogens with zero attached hydrogens (tertiary/aromatic N) is 1. The third kappa shape index (κ3) is 6.02. The number of thiazole rings is 1. The fraction of sp³-hybridized carbons (Fsp3) is 0.227. The van der Waals surface area contributed by atoms with E-state index in [1.165, 1.54) is 11.3 Å². The molecule has 5 nitrogen and oxygen atoms in total. The predicted octanol–water partition coefficient (Wildman–Crippen LogP) is 3.33. The Hall–Kier alpha value is -2.93. The zero-order chi connectivity index (χ0) is 21.3.